The van der Waals surface area contributed by atoms with E-state index in [9.17, 15) is 0 Å². The molecule has 0 atom stereocenters. The maximum Gasteiger partial charge on any atom is 0.228 e. The molecule has 0 unspecified atom stereocenters. The van der Waals surface area contributed by atoms with Crippen LogP contribution >= 0.6 is 15.9 Å². The first kappa shape index (κ1) is 14.8. The van der Waals surface area contributed by atoms with E-state index in [2.05, 4.69) is 43.3 Å². The van der Waals surface area contributed by atoms with Crippen LogP contribution in [0.15, 0.2) is 77.5 Å². The largest absolute Gasteiger partial charge is 0.324 e. The van der Waals surface area contributed by atoms with Gasteiger partial charge in [0, 0.05) is 33.5 Å². The Kier molecular flexibility index (Phi) is 3.92. The Bertz CT molecular complexity index is 988. The van der Waals surface area contributed by atoms with Crippen molar-refractivity contribution in [1.29, 1.82) is 0 Å². The average molecular weight is 377 g/mol. The third-order valence-corrected chi connectivity index (χ3v) is 4.13. The van der Waals surface area contributed by atoms with Crippen LogP contribution in [0.2, 0.25) is 0 Å². The predicted molar refractivity (Wildman–Crippen MR) is 100 cm³/mol. The average Bonchev–Trinajstić information content (AvgIpc) is 2.63. The highest BCUT2D eigenvalue weighted by Crippen LogP contribution is 2.30. The van der Waals surface area contributed by atoms with E-state index in [1.165, 1.54) is 0 Å². The number of hydrogen-bond acceptors (Lipinski definition) is 4. The highest BCUT2D eigenvalue weighted by molar-refractivity contribution is 9.10. The Morgan fingerprint density at radius 3 is 2.42 bits per heavy atom. The Labute approximate surface area is 147 Å². The lowest BCUT2D eigenvalue weighted by Crippen LogP contribution is -2.00. The van der Waals surface area contributed by atoms with Crippen molar-refractivity contribution < 1.29 is 0 Å². The summed E-state index contributed by atoms with van der Waals surface area (Å²) in [4.78, 5) is 13.4. The number of nitrogens with one attached hydrogen (secondary N) is 1. The highest BCUT2D eigenvalue weighted by atomic mass is 79.9. The zero-order chi connectivity index (χ0) is 16.4. The van der Waals surface area contributed by atoms with Gasteiger partial charge in [0.15, 0.2) is 0 Å². The van der Waals surface area contributed by atoms with Gasteiger partial charge in [0.2, 0.25) is 5.95 Å². The third kappa shape index (κ3) is 2.98. The maximum absolute atomic E-state index is 4.74. The second kappa shape index (κ2) is 6.37. The van der Waals surface area contributed by atoms with E-state index >= 15 is 0 Å². The van der Waals surface area contributed by atoms with E-state index in [-0.39, 0.29) is 0 Å². The number of pyridine rings is 1. The van der Waals surface area contributed by atoms with Crippen LogP contribution in [0, 0.1) is 0 Å². The summed E-state index contributed by atoms with van der Waals surface area (Å²) in [7, 11) is 0. The number of benzene rings is 2. The molecule has 116 valence electrons. The van der Waals surface area contributed by atoms with Gasteiger partial charge in [-0.2, -0.15) is 0 Å². The molecule has 0 spiro atoms. The molecule has 0 fully saturated rings. The topological polar surface area (TPSA) is 50.7 Å². The van der Waals surface area contributed by atoms with E-state index in [0.717, 1.165) is 32.3 Å². The number of nitrogens with zero attached hydrogens (tertiary/aromatic N) is 3. The molecule has 0 saturated carbocycles. The zero-order valence-corrected chi connectivity index (χ0v) is 14.2. The molecule has 0 aliphatic rings. The van der Waals surface area contributed by atoms with Gasteiger partial charge in [0.25, 0.3) is 0 Å². The van der Waals surface area contributed by atoms with E-state index < -0.39 is 0 Å². The van der Waals surface area contributed by atoms with Gasteiger partial charge in [0.05, 0.1) is 11.2 Å². The summed E-state index contributed by atoms with van der Waals surface area (Å²) in [6, 6.07) is 19.9. The molecule has 0 aliphatic heterocycles. The van der Waals surface area contributed by atoms with Crippen molar-refractivity contribution in [3.63, 3.8) is 0 Å². The molecule has 0 radical (unpaired) electrons. The molecule has 2 heterocycles. The number of hydrogen-bond donors (Lipinski definition) is 1. The molecule has 0 saturated heterocycles. The monoisotopic (exact) mass is 376 g/mol. The number of fused-ring (bicyclic) bond motifs is 1. The first-order chi connectivity index (χ1) is 11.8. The Morgan fingerprint density at radius 2 is 1.62 bits per heavy atom. The molecular weight excluding hydrogens is 364 g/mol. The smallest absolute Gasteiger partial charge is 0.228 e. The summed E-state index contributed by atoms with van der Waals surface area (Å²) >= 11 is 3.53. The molecule has 4 aromatic rings. The summed E-state index contributed by atoms with van der Waals surface area (Å²) in [6.07, 6.45) is 3.47. The number of rotatable bonds is 3. The van der Waals surface area contributed by atoms with Crippen LogP contribution in [0.5, 0.6) is 0 Å². The first-order valence-electron chi connectivity index (χ1n) is 7.49. The van der Waals surface area contributed by atoms with Crippen LogP contribution in [-0.2, 0) is 0 Å². The number of aromatic nitrogens is 3. The number of halogens is 1. The van der Waals surface area contributed by atoms with Crippen LogP contribution in [-0.4, -0.2) is 15.0 Å². The van der Waals surface area contributed by atoms with Crippen molar-refractivity contribution in [3.8, 4) is 11.3 Å². The summed E-state index contributed by atoms with van der Waals surface area (Å²) < 4.78 is 1.01. The standard InChI is InChI=1S/C19H13BrN4/c20-14-6-7-17-16(12-14)18(13-4-2-1-3-5-13)24-19(23-17)22-15-8-10-21-11-9-15/h1-12H,(H,21,22,23,24). The second-order valence-corrected chi connectivity index (χ2v) is 6.20. The summed E-state index contributed by atoms with van der Waals surface area (Å²) in [5.41, 5.74) is 3.75. The van der Waals surface area contributed by atoms with E-state index in [0.29, 0.717) is 5.95 Å². The SMILES string of the molecule is Brc1ccc2nc(Nc3ccncc3)nc(-c3ccccc3)c2c1. The van der Waals surface area contributed by atoms with Gasteiger partial charge >= 0.3 is 0 Å². The summed E-state index contributed by atoms with van der Waals surface area (Å²) in [6.45, 7) is 0. The first-order valence-corrected chi connectivity index (χ1v) is 8.29. The van der Waals surface area contributed by atoms with Crippen molar-refractivity contribution >= 4 is 38.5 Å². The predicted octanol–water partition coefficient (Wildman–Crippen LogP) is 5.20. The van der Waals surface area contributed by atoms with E-state index in [1.807, 2.05) is 48.5 Å². The lowest BCUT2D eigenvalue weighted by atomic mass is 10.1. The van der Waals surface area contributed by atoms with Gasteiger partial charge in [-0.05, 0) is 30.3 Å². The Balaban J connectivity index is 1.89. The van der Waals surface area contributed by atoms with Gasteiger partial charge < -0.3 is 5.32 Å². The molecule has 0 bridgehead atoms. The van der Waals surface area contributed by atoms with Crippen molar-refractivity contribution in [2.75, 3.05) is 5.32 Å². The van der Waals surface area contributed by atoms with Gasteiger partial charge in [-0.1, -0.05) is 46.3 Å². The van der Waals surface area contributed by atoms with Crippen LogP contribution in [0.4, 0.5) is 11.6 Å². The minimum Gasteiger partial charge on any atom is -0.324 e. The zero-order valence-electron chi connectivity index (χ0n) is 12.6. The van der Waals surface area contributed by atoms with Crippen LogP contribution in [0.3, 0.4) is 0 Å². The lowest BCUT2D eigenvalue weighted by Gasteiger charge is -2.10. The Morgan fingerprint density at radius 1 is 0.833 bits per heavy atom. The fourth-order valence-electron chi connectivity index (χ4n) is 2.54. The van der Waals surface area contributed by atoms with Gasteiger partial charge in [-0.15, -0.1) is 0 Å². The molecule has 2 aromatic carbocycles. The van der Waals surface area contributed by atoms with Crippen molar-refractivity contribution in [3.05, 3.63) is 77.5 Å². The molecule has 4 nitrogen and oxygen atoms in total. The second-order valence-electron chi connectivity index (χ2n) is 5.28. The van der Waals surface area contributed by atoms with Gasteiger partial charge in [0.1, 0.15) is 0 Å². The Hall–Kier alpha value is -2.79. The maximum atomic E-state index is 4.74. The fraction of sp³-hybridized carbons (Fsp3) is 0. The van der Waals surface area contributed by atoms with Crippen LogP contribution in [0.25, 0.3) is 22.2 Å². The molecule has 4 rings (SSSR count). The molecule has 5 heteroatoms. The molecule has 2 aromatic heterocycles. The minimum atomic E-state index is 0.565. The van der Waals surface area contributed by atoms with Crippen LogP contribution < -0.4 is 5.32 Å². The minimum absolute atomic E-state index is 0.565. The molecular formula is C19H13BrN4. The fourth-order valence-corrected chi connectivity index (χ4v) is 2.90. The highest BCUT2D eigenvalue weighted by Gasteiger charge is 2.10. The van der Waals surface area contributed by atoms with E-state index in [4.69, 9.17) is 4.98 Å². The van der Waals surface area contributed by atoms with Crippen molar-refractivity contribution in [1.82, 2.24) is 15.0 Å². The summed E-state index contributed by atoms with van der Waals surface area (Å²) in [5, 5.41) is 4.26. The van der Waals surface area contributed by atoms with Crippen molar-refractivity contribution in [2.45, 2.75) is 0 Å². The van der Waals surface area contributed by atoms with Gasteiger partial charge in [-0.25, -0.2) is 9.97 Å². The number of anilines is 2. The lowest BCUT2D eigenvalue weighted by molar-refractivity contribution is 1.21. The third-order valence-electron chi connectivity index (χ3n) is 3.64. The summed E-state index contributed by atoms with van der Waals surface area (Å²) in [5.74, 6) is 0.565. The van der Waals surface area contributed by atoms with E-state index in [1.54, 1.807) is 12.4 Å². The molecule has 0 amide bonds. The van der Waals surface area contributed by atoms with Crippen molar-refractivity contribution in [2.24, 2.45) is 0 Å². The van der Waals surface area contributed by atoms with Crippen LogP contribution in [0.1, 0.15) is 0 Å². The molecule has 1 N–H and O–H groups in total. The molecule has 0 aliphatic carbocycles. The molecule has 24 heavy (non-hydrogen) atoms. The van der Waals surface area contributed by atoms with Gasteiger partial charge in [-0.3, -0.25) is 4.98 Å². The quantitative estimate of drug-likeness (QED) is 0.533. The normalized spacial score (nSPS) is 10.7.